The van der Waals surface area contributed by atoms with Crippen LogP contribution in [0.1, 0.15) is 41.3 Å². The molecule has 2 aromatic carbocycles. The Kier molecular flexibility index (Phi) is 6.09. The van der Waals surface area contributed by atoms with Gasteiger partial charge in [-0.3, -0.25) is 4.98 Å². The largest absolute Gasteiger partial charge is 0.497 e. The van der Waals surface area contributed by atoms with Crippen LogP contribution in [0, 0.1) is 6.92 Å². The minimum atomic E-state index is -0.908. The number of hydrogen-bond donors (Lipinski definition) is 1. The van der Waals surface area contributed by atoms with E-state index in [-0.39, 0.29) is 0 Å². The molecule has 0 aliphatic rings. The van der Waals surface area contributed by atoms with E-state index in [9.17, 15) is 9.90 Å². The highest BCUT2D eigenvalue weighted by atomic mass is 16.5. The monoisotopic (exact) mass is 375 g/mol. The van der Waals surface area contributed by atoms with Gasteiger partial charge in [-0.05, 0) is 72.9 Å². The lowest BCUT2D eigenvalue weighted by Gasteiger charge is -2.13. The second-order valence-corrected chi connectivity index (χ2v) is 6.91. The molecule has 3 aromatic rings. The summed E-state index contributed by atoms with van der Waals surface area (Å²) in [6.45, 7) is 4.00. The highest BCUT2D eigenvalue weighted by Gasteiger charge is 2.14. The van der Waals surface area contributed by atoms with Crippen molar-refractivity contribution in [1.29, 1.82) is 0 Å². The smallest absolute Gasteiger partial charge is 0.335 e. The quantitative estimate of drug-likeness (QED) is 0.569. The third kappa shape index (κ3) is 4.22. The first kappa shape index (κ1) is 19.6. The van der Waals surface area contributed by atoms with Crippen molar-refractivity contribution in [2.45, 2.75) is 33.1 Å². The molecule has 1 aromatic heterocycles. The maximum Gasteiger partial charge on any atom is 0.335 e. The predicted molar refractivity (Wildman–Crippen MR) is 112 cm³/mol. The van der Waals surface area contributed by atoms with E-state index in [1.165, 1.54) is 5.56 Å². The molecule has 0 fully saturated rings. The molecule has 144 valence electrons. The topological polar surface area (TPSA) is 59.4 Å². The Morgan fingerprint density at radius 1 is 1.07 bits per heavy atom. The number of aryl methyl sites for hydroxylation is 2. The molecule has 0 spiro atoms. The van der Waals surface area contributed by atoms with Crippen molar-refractivity contribution in [1.82, 2.24) is 4.98 Å². The second kappa shape index (κ2) is 8.70. The number of aromatic nitrogens is 1. The number of carboxylic acid groups (broad SMARTS) is 1. The van der Waals surface area contributed by atoms with E-state index in [1.807, 2.05) is 49.5 Å². The van der Waals surface area contributed by atoms with Crippen molar-refractivity contribution < 1.29 is 14.6 Å². The number of ether oxygens (including phenoxy) is 1. The summed E-state index contributed by atoms with van der Waals surface area (Å²) < 4.78 is 5.26. The van der Waals surface area contributed by atoms with Crippen molar-refractivity contribution in [3.8, 4) is 28.1 Å². The zero-order valence-corrected chi connectivity index (χ0v) is 16.5. The van der Waals surface area contributed by atoms with Crippen molar-refractivity contribution in [2.75, 3.05) is 7.11 Å². The Labute approximate surface area is 165 Å². The highest BCUT2D eigenvalue weighted by molar-refractivity contribution is 5.91. The molecular formula is C24H25NO3. The lowest BCUT2D eigenvalue weighted by atomic mass is 9.94. The number of methoxy groups -OCH3 is 1. The lowest BCUT2D eigenvalue weighted by Crippen LogP contribution is -2.00. The average Bonchev–Trinajstić information content (AvgIpc) is 2.71. The molecule has 28 heavy (non-hydrogen) atoms. The Morgan fingerprint density at radius 2 is 1.79 bits per heavy atom. The molecule has 1 N–H and O–H groups in total. The molecule has 4 nitrogen and oxygen atoms in total. The van der Waals surface area contributed by atoms with Crippen LogP contribution in [-0.4, -0.2) is 23.2 Å². The van der Waals surface area contributed by atoms with E-state index in [4.69, 9.17) is 9.72 Å². The summed E-state index contributed by atoms with van der Waals surface area (Å²) in [5.74, 6) is -0.110. The van der Waals surface area contributed by atoms with E-state index in [0.29, 0.717) is 5.56 Å². The molecule has 0 unspecified atom stereocenters. The average molecular weight is 375 g/mol. The normalized spacial score (nSPS) is 10.7. The zero-order chi connectivity index (χ0) is 20.1. The molecule has 0 radical (unpaired) electrons. The van der Waals surface area contributed by atoms with Gasteiger partial charge in [0.25, 0.3) is 0 Å². The number of hydrogen-bond acceptors (Lipinski definition) is 3. The molecule has 0 bridgehead atoms. The van der Waals surface area contributed by atoms with Crippen LogP contribution in [0.25, 0.3) is 22.4 Å². The van der Waals surface area contributed by atoms with Crippen LogP contribution in [0.5, 0.6) is 5.75 Å². The lowest BCUT2D eigenvalue weighted by molar-refractivity contribution is 0.0696. The van der Waals surface area contributed by atoms with E-state index < -0.39 is 5.97 Å². The Balaban J connectivity index is 2.12. The van der Waals surface area contributed by atoms with E-state index in [1.54, 1.807) is 13.2 Å². The third-order valence-corrected chi connectivity index (χ3v) is 4.89. The molecule has 4 heteroatoms. The van der Waals surface area contributed by atoms with Gasteiger partial charge in [0.05, 0.1) is 18.4 Å². The Morgan fingerprint density at radius 3 is 2.39 bits per heavy atom. The summed E-state index contributed by atoms with van der Waals surface area (Å²) in [5.41, 5.74) is 6.12. The van der Waals surface area contributed by atoms with Crippen molar-refractivity contribution in [3.05, 3.63) is 71.4 Å². The van der Waals surface area contributed by atoms with Crippen LogP contribution < -0.4 is 4.74 Å². The van der Waals surface area contributed by atoms with Gasteiger partial charge in [0.1, 0.15) is 5.75 Å². The molecule has 0 saturated heterocycles. The standard InChI is InChI=1S/C24H25NO3/c1-4-5-6-17-14-22(19-9-12-21(24(26)27)16(2)13-19)23(25-15-17)18-7-10-20(28-3)11-8-18/h7-15H,4-6H2,1-3H3,(H,26,27). The van der Waals surface area contributed by atoms with Gasteiger partial charge in [0, 0.05) is 17.3 Å². The molecule has 3 rings (SSSR count). The SMILES string of the molecule is CCCCc1cnc(-c2ccc(OC)cc2)c(-c2ccc(C(=O)O)c(C)c2)c1. The number of unbranched alkanes of at least 4 members (excludes halogenated alkanes) is 1. The van der Waals surface area contributed by atoms with Gasteiger partial charge in [-0.15, -0.1) is 0 Å². The fraction of sp³-hybridized carbons (Fsp3) is 0.250. The number of benzene rings is 2. The molecule has 0 atom stereocenters. The summed E-state index contributed by atoms with van der Waals surface area (Å²) in [4.78, 5) is 16.1. The predicted octanol–water partition coefficient (Wildman–Crippen LogP) is 5.77. The summed E-state index contributed by atoms with van der Waals surface area (Å²) in [6.07, 6.45) is 5.16. The Bertz CT molecular complexity index is 978. The maximum absolute atomic E-state index is 11.4. The van der Waals surface area contributed by atoms with Gasteiger partial charge in [-0.25, -0.2) is 4.79 Å². The van der Waals surface area contributed by atoms with Crippen molar-refractivity contribution in [2.24, 2.45) is 0 Å². The first-order valence-corrected chi connectivity index (χ1v) is 9.51. The molecule has 0 saturated carbocycles. The van der Waals surface area contributed by atoms with Crippen molar-refractivity contribution in [3.63, 3.8) is 0 Å². The third-order valence-electron chi connectivity index (χ3n) is 4.89. The van der Waals surface area contributed by atoms with Crippen molar-refractivity contribution >= 4 is 5.97 Å². The summed E-state index contributed by atoms with van der Waals surface area (Å²) in [5, 5.41) is 9.33. The highest BCUT2D eigenvalue weighted by Crippen LogP contribution is 2.33. The fourth-order valence-corrected chi connectivity index (χ4v) is 3.30. The minimum absolute atomic E-state index is 0.324. The maximum atomic E-state index is 11.4. The molecule has 0 aliphatic carbocycles. The van der Waals surface area contributed by atoms with Gasteiger partial charge in [0.15, 0.2) is 0 Å². The number of carbonyl (C=O) groups is 1. The first-order valence-electron chi connectivity index (χ1n) is 9.51. The number of carboxylic acids is 1. The summed E-state index contributed by atoms with van der Waals surface area (Å²) in [7, 11) is 1.65. The van der Waals surface area contributed by atoms with Crippen LogP contribution in [0.4, 0.5) is 0 Å². The first-order chi connectivity index (χ1) is 13.5. The van der Waals surface area contributed by atoms with Gasteiger partial charge in [-0.2, -0.15) is 0 Å². The van der Waals surface area contributed by atoms with E-state index >= 15 is 0 Å². The fourth-order valence-electron chi connectivity index (χ4n) is 3.30. The van der Waals surface area contributed by atoms with E-state index in [2.05, 4.69) is 13.0 Å². The number of nitrogens with zero attached hydrogens (tertiary/aromatic N) is 1. The summed E-state index contributed by atoms with van der Waals surface area (Å²) >= 11 is 0. The van der Waals surface area contributed by atoms with Crippen LogP contribution >= 0.6 is 0 Å². The molecule has 0 amide bonds. The molecular weight excluding hydrogens is 350 g/mol. The number of pyridine rings is 1. The number of rotatable bonds is 7. The number of aromatic carboxylic acids is 1. The molecule has 1 heterocycles. The van der Waals surface area contributed by atoms with Gasteiger partial charge < -0.3 is 9.84 Å². The summed E-state index contributed by atoms with van der Waals surface area (Å²) in [6, 6.07) is 15.5. The Hall–Kier alpha value is -3.14. The van der Waals surface area contributed by atoms with Crippen LogP contribution in [-0.2, 0) is 6.42 Å². The van der Waals surface area contributed by atoms with Gasteiger partial charge >= 0.3 is 5.97 Å². The van der Waals surface area contributed by atoms with Crippen LogP contribution in [0.3, 0.4) is 0 Å². The van der Waals surface area contributed by atoms with Crippen LogP contribution in [0.2, 0.25) is 0 Å². The minimum Gasteiger partial charge on any atom is -0.497 e. The van der Waals surface area contributed by atoms with Crippen LogP contribution in [0.15, 0.2) is 54.7 Å². The zero-order valence-electron chi connectivity index (χ0n) is 16.5. The second-order valence-electron chi connectivity index (χ2n) is 6.91. The van der Waals surface area contributed by atoms with E-state index in [0.717, 1.165) is 53.0 Å². The van der Waals surface area contributed by atoms with Gasteiger partial charge in [0.2, 0.25) is 0 Å². The van der Waals surface area contributed by atoms with Gasteiger partial charge in [-0.1, -0.05) is 25.5 Å². The molecule has 0 aliphatic heterocycles.